The zero-order valence-corrected chi connectivity index (χ0v) is 14.2. The van der Waals surface area contributed by atoms with Crippen molar-refractivity contribution in [1.29, 1.82) is 0 Å². The number of amides is 1. The molecule has 0 aromatic carbocycles. The Morgan fingerprint density at radius 1 is 1.17 bits per heavy atom. The average molecular weight is 347 g/mol. The van der Waals surface area contributed by atoms with Crippen molar-refractivity contribution in [3.05, 3.63) is 41.8 Å². The number of hydrogen-bond donors (Lipinski definition) is 0. The molecule has 3 rings (SSSR count). The molecule has 7 nitrogen and oxygen atoms in total. The highest BCUT2D eigenvalue weighted by Crippen LogP contribution is 2.14. The lowest BCUT2D eigenvalue weighted by Gasteiger charge is -2.35. The summed E-state index contributed by atoms with van der Waals surface area (Å²) in [6.45, 7) is 3.09. The summed E-state index contributed by atoms with van der Waals surface area (Å²) in [6, 6.07) is 5.37. The fourth-order valence-corrected chi connectivity index (χ4v) is 2.70. The van der Waals surface area contributed by atoms with Crippen LogP contribution in [-0.2, 0) is 4.79 Å². The second-order valence-corrected chi connectivity index (χ2v) is 6.04. The summed E-state index contributed by atoms with van der Waals surface area (Å²) in [4.78, 5) is 31.0. The molecule has 1 fully saturated rings. The van der Waals surface area contributed by atoms with Crippen molar-refractivity contribution in [2.45, 2.75) is 0 Å². The Labute approximate surface area is 145 Å². The summed E-state index contributed by atoms with van der Waals surface area (Å²) in [5, 5.41) is 0.581. The molecule has 0 atom stereocenters. The zero-order chi connectivity index (χ0) is 16.9. The minimum absolute atomic E-state index is 0.0860. The number of aromatic nitrogens is 3. The molecule has 0 saturated carbocycles. The van der Waals surface area contributed by atoms with Crippen LogP contribution in [0.3, 0.4) is 0 Å². The van der Waals surface area contributed by atoms with Crippen LogP contribution in [0.15, 0.2) is 36.8 Å². The average Bonchev–Trinajstić information content (AvgIpc) is 2.63. The smallest absolute Gasteiger partial charge is 0.242 e. The molecule has 2 aromatic heterocycles. The number of nitrogens with zero attached hydrogens (tertiary/aromatic N) is 6. The number of pyridine rings is 1. The third kappa shape index (κ3) is 3.91. The maximum atomic E-state index is 12.5. The molecule has 2 aromatic rings. The fourth-order valence-electron chi connectivity index (χ4n) is 2.59. The maximum Gasteiger partial charge on any atom is 0.242 e. The summed E-state index contributed by atoms with van der Waals surface area (Å²) in [5.41, 5.74) is 0. The number of rotatable bonds is 4. The van der Waals surface area contributed by atoms with Crippen molar-refractivity contribution in [3.8, 4) is 0 Å². The molecule has 1 amide bonds. The Kier molecular flexibility index (Phi) is 5.10. The van der Waals surface area contributed by atoms with Crippen molar-refractivity contribution in [3.63, 3.8) is 0 Å². The van der Waals surface area contributed by atoms with Crippen LogP contribution in [0.1, 0.15) is 0 Å². The molecule has 0 unspecified atom stereocenters. The minimum atomic E-state index is 0.0860. The molecule has 1 saturated heterocycles. The van der Waals surface area contributed by atoms with Gasteiger partial charge >= 0.3 is 0 Å². The second kappa shape index (κ2) is 7.44. The highest BCUT2D eigenvalue weighted by atomic mass is 35.5. The molecular weight excluding hydrogens is 328 g/mol. The molecule has 1 aliphatic heterocycles. The van der Waals surface area contributed by atoms with E-state index in [-0.39, 0.29) is 12.5 Å². The Balaban J connectivity index is 1.52. The van der Waals surface area contributed by atoms with Gasteiger partial charge in [-0.1, -0.05) is 11.6 Å². The van der Waals surface area contributed by atoms with E-state index >= 15 is 0 Å². The van der Waals surface area contributed by atoms with Gasteiger partial charge in [0.25, 0.3) is 0 Å². The van der Waals surface area contributed by atoms with E-state index in [1.165, 1.54) is 0 Å². The Hall–Kier alpha value is -2.41. The number of carbonyl (C=O) groups excluding carboxylic acids is 1. The highest BCUT2D eigenvalue weighted by Gasteiger charge is 2.23. The number of anilines is 2. The quantitative estimate of drug-likeness (QED) is 0.831. The van der Waals surface area contributed by atoms with Gasteiger partial charge in [0.2, 0.25) is 11.9 Å². The highest BCUT2D eigenvalue weighted by molar-refractivity contribution is 6.30. The van der Waals surface area contributed by atoms with Gasteiger partial charge in [-0.25, -0.2) is 15.0 Å². The summed E-state index contributed by atoms with van der Waals surface area (Å²) in [5.74, 6) is 1.53. The third-order valence-corrected chi connectivity index (χ3v) is 4.17. The molecule has 3 heterocycles. The first-order valence-corrected chi connectivity index (χ1v) is 8.14. The summed E-state index contributed by atoms with van der Waals surface area (Å²) >= 11 is 5.84. The van der Waals surface area contributed by atoms with Gasteiger partial charge in [0.05, 0.1) is 11.6 Å². The van der Waals surface area contributed by atoms with Gasteiger partial charge in [-0.3, -0.25) is 4.79 Å². The Morgan fingerprint density at radius 2 is 1.88 bits per heavy atom. The minimum Gasteiger partial charge on any atom is -0.350 e. The van der Waals surface area contributed by atoms with E-state index in [9.17, 15) is 4.79 Å². The predicted octanol–water partition coefficient (Wildman–Crippen LogP) is 1.31. The van der Waals surface area contributed by atoms with E-state index in [2.05, 4.69) is 19.9 Å². The third-order valence-electron chi connectivity index (χ3n) is 3.94. The van der Waals surface area contributed by atoms with Gasteiger partial charge in [-0.15, -0.1) is 0 Å². The lowest BCUT2D eigenvalue weighted by atomic mass is 10.3. The lowest BCUT2D eigenvalue weighted by Crippen LogP contribution is -2.51. The van der Waals surface area contributed by atoms with Crippen molar-refractivity contribution < 1.29 is 4.79 Å². The molecule has 0 bridgehead atoms. The van der Waals surface area contributed by atoms with Crippen molar-refractivity contribution in [1.82, 2.24) is 19.9 Å². The van der Waals surface area contributed by atoms with Crippen molar-refractivity contribution >= 4 is 29.3 Å². The standard InChI is InChI=1S/C16H19ClN6O/c1-21(14-4-3-13(17)11-20-14)12-15(24)22-7-9-23(10-8-22)16-18-5-2-6-19-16/h2-6,11H,7-10,12H2,1H3. The van der Waals surface area contributed by atoms with Gasteiger partial charge in [0, 0.05) is 51.8 Å². The predicted molar refractivity (Wildman–Crippen MR) is 93.3 cm³/mol. The van der Waals surface area contributed by atoms with Gasteiger partial charge in [-0.05, 0) is 18.2 Å². The van der Waals surface area contributed by atoms with Gasteiger partial charge < -0.3 is 14.7 Å². The largest absolute Gasteiger partial charge is 0.350 e. The summed E-state index contributed by atoms with van der Waals surface area (Å²) < 4.78 is 0. The van der Waals surface area contributed by atoms with Crippen LogP contribution in [0.25, 0.3) is 0 Å². The van der Waals surface area contributed by atoms with Gasteiger partial charge in [0.15, 0.2) is 0 Å². The first kappa shape index (κ1) is 16.4. The number of hydrogen-bond acceptors (Lipinski definition) is 6. The molecular formula is C16H19ClN6O. The topological polar surface area (TPSA) is 65.5 Å². The van der Waals surface area contributed by atoms with Crippen LogP contribution in [0, 0.1) is 0 Å². The lowest BCUT2D eigenvalue weighted by molar-refractivity contribution is -0.129. The van der Waals surface area contributed by atoms with Crippen LogP contribution in [-0.4, -0.2) is 65.5 Å². The van der Waals surface area contributed by atoms with Crippen LogP contribution in [0.4, 0.5) is 11.8 Å². The first-order valence-electron chi connectivity index (χ1n) is 7.76. The molecule has 24 heavy (non-hydrogen) atoms. The van der Waals surface area contributed by atoms with Crippen LogP contribution in [0.5, 0.6) is 0 Å². The van der Waals surface area contributed by atoms with Gasteiger partial charge in [0.1, 0.15) is 5.82 Å². The van der Waals surface area contributed by atoms with Gasteiger partial charge in [-0.2, -0.15) is 0 Å². The monoisotopic (exact) mass is 346 g/mol. The molecule has 8 heteroatoms. The molecule has 0 radical (unpaired) electrons. The molecule has 1 aliphatic rings. The molecule has 0 spiro atoms. The van der Waals surface area contributed by atoms with Crippen LogP contribution >= 0.6 is 11.6 Å². The first-order chi connectivity index (χ1) is 11.6. The van der Waals surface area contributed by atoms with E-state index in [1.54, 1.807) is 36.8 Å². The maximum absolute atomic E-state index is 12.5. The second-order valence-electron chi connectivity index (χ2n) is 5.61. The fraction of sp³-hybridized carbons (Fsp3) is 0.375. The number of piperazine rings is 1. The van der Waals surface area contributed by atoms with E-state index in [0.717, 1.165) is 18.9 Å². The Morgan fingerprint density at radius 3 is 2.50 bits per heavy atom. The SMILES string of the molecule is CN(CC(=O)N1CCN(c2ncccn2)CC1)c1ccc(Cl)cn1. The van der Waals surface area contributed by atoms with E-state index in [4.69, 9.17) is 11.6 Å². The zero-order valence-electron chi connectivity index (χ0n) is 13.5. The number of halogens is 1. The van der Waals surface area contributed by atoms with Crippen molar-refractivity contribution in [2.24, 2.45) is 0 Å². The number of carbonyl (C=O) groups is 1. The van der Waals surface area contributed by atoms with E-state index in [0.29, 0.717) is 24.1 Å². The Bertz CT molecular complexity index is 673. The van der Waals surface area contributed by atoms with Crippen LogP contribution in [0.2, 0.25) is 5.02 Å². The van der Waals surface area contributed by atoms with E-state index < -0.39 is 0 Å². The summed E-state index contributed by atoms with van der Waals surface area (Å²) in [7, 11) is 1.85. The van der Waals surface area contributed by atoms with E-state index in [1.807, 2.05) is 16.8 Å². The van der Waals surface area contributed by atoms with Crippen LogP contribution < -0.4 is 9.80 Å². The molecule has 0 aliphatic carbocycles. The normalized spacial score (nSPS) is 14.6. The summed E-state index contributed by atoms with van der Waals surface area (Å²) in [6.07, 6.45) is 5.04. The van der Waals surface area contributed by atoms with Crippen molar-refractivity contribution in [2.75, 3.05) is 49.6 Å². The number of likely N-dealkylation sites (N-methyl/N-ethyl adjacent to an activating group) is 1. The molecule has 126 valence electrons. The molecule has 0 N–H and O–H groups in total.